The smallest absolute Gasteiger partial charge is 0.431 e. The molecule has 36 heteroatoms. The highest BCUT2D eigenvalue weighted by atomic mass is 35.5. The van der Waals surface area contributed by atoms with Gasteiger partial charge in [0.15, 0.2) is 32.3 Å². The number of benzene rings is 5. The summed E-state index contributed by atoms with van der Waals surface area (Å²) in [7, 11) is -4.28. The lowest BCUT2D eigenvalue weighted by atomic mass is 10.0. The molecule has 1 fully saturated rings. The number of aromatic nitrogens is 3. The number of esters is 1. The van der Waals surface area contributed by atoms with Gasteiger partial charge in [0.05, 0.1) is 77.9 Å². The molecule has 3 atom stereocenters. The molecule has 1 aliphatic carbocycles. The summed E-state index contributed by atoms with van der Waals surface area (Å²) >= 11 is 17.0. The minimum absolute atomic E-state index is 0.0223. The van der Waals surface area contributed by atoms with Crippen LogP contribution in [0.15, 0.2) is 134 Å². The Balaban J connectivity index is 0.000000250. The van der Waals surface area contributed by atoms with Crippen LogP contribution < -0.4 is 40.6 Å². The molecule has 1 saturated carbocycles. The Morgan fingerprint density at radius 1 is 0.857 bits per heavy atom. The van der Waals surface area contributed by atoms with Gasteiger partial charge in [0.25, 0.3) is 11.5 Å². The van der Waals surface area contributed by atoms with Crippen molar-refractivity contribution < 1.29 is 106 Å². The first kappa shape index (κ1) is 87.0. The zero-order chi connectivity index (χ0) is 78.6. The number of sulfone groups is 1. The molecule has 7 aromatic rings. The van der Waals surface area contributed by atoms with Gasteiger partial charge in [0, 0.05) is 43.5 Å². The number of carbonyl (C=O) groups is 5. The number of hydrogen-bond acceptors (Lipinski definition) is 18. The van der Waals surface area contributed by atoms with Crippen LogP contribution in [0.5, 0.6) is 17.2 Å². The number of alkyl halides is 9. The summed E-state index contributed by atoms with van der Waals surface area (Å²) in [6.45, 7) is 12.1. The predicted octanol–water partition coefficient (Wildman–Crippen LogP) is 11.4. The van der Waals surface area contributed by atoms with Gasteiger partial charge in [-0.25, -0.2) is 22.6 Å². The first-order valence-corrected chi connectivity index (χ1v) is 36.9. The maximum absolute atomic E-state index is 13.1. The summed E-state index contributed by atoms with van der Waals surface area (Å²) in [5, 5.41) is 13.6. The predicted molar refractivity (Wildman–Crippen MR) is 378 cm³/mol. The van der Waals surface area contributed by atoms with Gasteiger partial charge >= 0.3 is 37.6 Å². The Morgan fingerprint density at radius 2 is 1.51 bits per heavy atom. The quantitative estimate of drug-likeness (QED) is 0.0152. The second-order valence-corrected chi connectivity index (χ2v) is 28.5. The fourth-order valence-electron chi connectivity index (χ4n) is 10.2. The minimum Gasteiger partial charge on any atom is -0.489 e. The number of carboxylic acid groups (broad SMARTS) is 1. The minimum atomic E-state index is -4.84. The van der Waals surface area contributed by atoms with Crippen LogP contribution in [0.1, 0.15) is 109 Å². The number of amides is 2. The molecule has 9 rings (SSSR count). The molecule has 5 aromatic carbocycles. The highest BCUT2D eigenvalue weighted by Gasteiger charge is 2.38. The van der Waals surface area contributed by atoms with E-state index in [-0.39, 0.29) is 59.1 Å². The van der Waals surface area contributed by atoms with Crippen LogP contribution in [0, 0.1) is 6.92 Å². The number of aryl methyl sites for hydroxylation is 3. The molecule has 4 N–H and O–H groups in total. The molecule has 1 aliphatic heterocycles. The molecule has 0 spiro atoms. The number of carboxylic acids is 1. The highest BCUT2D eigenvalue weighted by molar-refractivity contribution is 7.90. The monoisotopic (exact) mass is 1580 g/mol. The lowest BCUT2D eigenvalue weighted by Gasteiger charge is -2.35. The summed E-state index contributed by atoms with van der Waals surface area (Å²) in [6, 6.07) is 27.0. The summed E-state index contributed by atoms with van der Waals surface area (Å²) < 4.78 is 145. The summed E-state index contributed by atoms with van der Waals surface area (Å²) in [6.07, 6.45) is -5.77. The van der Waals surface area contributed by atoms with Gasteiger partial charge in [-0.05, 0) is 131 Å². The molecule has 0 radical (unpaired) electrons. The number of nitrogens with zero attached hydrogens (tertiary/aromatic N) is 5. The SMILES string of the molecule is CC1COc2ccccc2N1C(=O)C(Cl)Cl.CCc1ccc(COc2ccc(-n3c(=O)cc(C(F)(F)F)n(C)c3=O)cc2)c(OC(C)C(=O)OC)c1.CCc1cccc(C)c1N(C(=O)CCl)C(C)COC.CS(=O)(=O)c1cc(C(F)(F)F)ccc1C(=O)c1cnoc1C1CC1.O=C(O)CNCP(=O)(O)O. The van der Waals surface area contributed by atoms with E-state index in [9.17, 15) is 72.9 Å². The molecule has 2 aliphatic rings. The molecule has 572 valence electrons. The molecule has 2 amide bonds. The first-order valence-electron chi connectivity index (χ1n) is 31.8. The number of aliphatic carboxylic acids is 1. The van der Waals surface area contributed by atoms with Crippen molar-refractivity contribution >= 4 is 93.1 Å². The number of anilines is 2. The van der Waals surface area contributed by atoms with E-state index in [1.54, 1.807) is 23.8 Å². The highest BCUT2D eigenvalue weighted by Crippen LogP contribution is 2.43. The van der Waals surface area contributed by atoms with Crippen molar-refractivity contribution in [3.8, 4) is 22.9 Å². The number of halogens is 9. The van der Waals surface area contributed by atoms with E-state index in [4.69, 9.17) is 77.9 Å². The van der Waals surface area contributed by atoms with E-state index in [1.807, 2.05) is 82.3 Å². The fourth-order valence-corrected chi connectivity index (χ4v) is 11.9. The lowest BCUT2D eigenvalue weighted by molar-refractivity contribution is -0.148. The van der Waals surface area contributed by atoms with Gasteiger partial charge in [-0.2, -0.15) is 26.3 Å². The number of ether oxygens (including phenoxy) is 5. The average Bonchev–Trinajstić information content (AvgIpc) is 1.60. The zero-order valence-electron chi connectivity index (χ0n) is 58.3. The van der Waals surface area contributed by atoms with Crippen LogP contribution in [0.2, 0.25) is 0 Å². The van der Waals surface area contributed by atoms with Crippen LogP contribution in [-0.2, 0) is 81.9 Å². The van der Waals surface area contributed by atoms with Crippen LogP contribution in [0.4, 0.5) is 37.7 Å². The Bertz CT molecular complexity index is 4480. The van der Waals surface area contributed by atoms with Gasteiger partial charge in [0.1, 0.15) is 42.0 Å². The lowest BCUT2D eigenvalue weighted by Crippen LogP contribution is -2.47. The first-order chi connectivity index (χ1) is 49.1. The molecule has 3 unspecified atom stereocenters. The Kier molecular flexibility index (Phi) is 32.0. The number of ketones is 1. The van der Waals surface area contributed by atoms with E-state index < -0.39 is 98.7 Å². The van der Waals surface area contributed by atoms with Crippen LogP contribution in [0.25, 0.3) is 5.69 Å². The van der Waals surface area contributed by atoms with Crippen LogP contribution in [-0.4, -0.2) is 143 Å². The van der Waals surface area contributed by atoms with Crippen molar-refractivity contribution in [2.24, 2.45) is 7.05 Å². The van der Waals surface area contributed by atoms with Crippen molar-refractivity contribution in [2.75, 3.05) is 62.2 Å². The van der Waals surface area contributed by atoms with Crippen molar-refractivity contribution in [1.29, 1.82) is 0 Å². The largest absolute Gasteiger partial charge is 0.489 e. The fraction of sp³-hybridized carbons (Fsp3) is 0.391. The Morgan fingerprint density at radius 3 is 2.07 bits per heavy atom. The summed E-state index contributed by atoms with van der Waals surface area (Å²) in [4.78, 5) is 101. The van der Waals surface area contributed by atoms with Gasteiger partial charge in [-0.3, -0.25) is 38.4 Å². The normalized spacial score (nSPS) is 14.0. The van der Waals surface area contributed by atoms with Crippen molar-refractivity contribution in [1.82, 2.24) is 19.6 Å². The van der Waals surface area contributed by atoms with Gasteiger partial charge in [0.2, 0.25) is 5.91 Å². The second kappa shape index (κ2) is 38.6. The molecule has 3 heterocycles. The molecule has 25 nitrogen and oxygen atoms in total. The van der Waals surface area contributed by atoms with E-state index >= 15 is 0 Å². The van der Waals surface area contributed by atoms with Crippen molar-refractivity contribution in [3.05, 3.63) is 187 Å². The van der Waals surface area contributed by atoms with Crippen molar-refractivity contribution in [2.45, 2.75) is 120 Å². The molecule has 0 bridgehead atoms. The number of para-hydroxylation sites is 3. The number of methoxy groups -OCH3 is 2. The van der Waals surface area contributed by atoms with E-state index in [1.165, 1.54) is 37.6 Å². The maximum atomic E-state index is 13.1. The van der Waals surface area contributed by atoms with Gasteiger partial charge in [-0.1, -0.05) is 84.7 Å². The number of rotatable bonds is 23. The van der Waals surface area contributed by atoms with E-state index in [2.05, 4.69) is 23.5 Å². The topological polar surface area (TPSA) is 332 Å². The molecule has 105 heavy (non-hydrogen) atoms. The molecule has 2 aromatic heterocycles. The number of hydrogen-bond donors (Lipinski definition) is 4. The van der Waals surface area contributed by atoms with E-state index in [0.717, 1.165) is 73.1 Å². The third kappa shape index (κ3) is 24.7. The van der Waals surface area contributed by atoms with Crippen LogP contribution >= 0.6 is 42.4 Å². The second-order valence-electron chi connectivity index (χ2n) is 23.5. The van der Waals surface area contributed by atoms with Crippen LogP contribution in [0.3, 0.4) is 0 Å². The zero-order valence-corrected chi connectivity index (χ0v) is 62.3. The van der Waals surface area contributed by atoms with Gasteiger partial charge in [-0.15, -0.1) is 11.6 Å². The maximum Gasteiger partial charge on any atom is 0.431 e. The number of fused-ring (bicyclic) bond motifs is 1. The molecule has 0 saturated heterocycles. The standard InChI is InChI=1S/C25H25F3N2O6.C15H22ClNO2.C15H12F3NO4S.C11H11Cl2NO2.C3H8NO5P/c1-5-16-6-7-17(20(12-16)36-15(2)23(32)34-4)14-35-19-10-8-18(9-11-19)30-22(31)13-21(25(26,27)28)29(3)24(30)33;1-5-13-8-6-7-11(2)15(13)17(14(18)9-16)12(3)10-19-4;1-24(21,22)12-6-9(15(16,17)18)4-5-10(12)13(20)11-7-19-23-14(11)8-2-3-8;1-7-6-16-9-5-3-2-4-8(9)14(7)11(15)10(12)13;5-3(6)1-4-2-10(7,8)9/h6-13,15H,5,14H2,1-4H3;6-8,12H,5,9-10H2,1-4H3;4-8H,2-3H2,1H3;2-5,7,10H,6H2,1H3;4H,1-2H2,(H,5,6)(H2,7,8,9). The van der Waals surface area contributed by atoms with Crippen molar-refractivity contribution in [3.63, 3.8) is 0 Å². The molecular formula is C69H78Cl3F6N6O19PS. The average molecular weight is 1580 g/mol. The third-order valence-electron chi connectivity index (χ3n) is 15.5. The summed E-state index contributed by atoms with van der Waals surface area (Å²) in [5.74, 6) is -0.895. The number of carbonyl (C=O) groups excluding carboxylic acids is 4. The summed E-state index contributed by atoms with van der Waals surface area (Å²) in [5.41, 5.74) is 0.758. The molecular weight excluding hydrogens is 1500 g/mol. The van der Waals surface area contributed by atoms with Gasteiger partial charge < -0.3 is 52.9 Å². The Labute approximate surface area is 614 Å². The Hall–Kier alpha value is -8.59. The number of nitrogens with one attached hydrogen (secondary N) is 1. The third-order valence-corrected chi connectivity index (χ3v) is 17.8. The van der Waals surface area contributed by atoms with E-state index in [0.29, 0.717) is 69.1 Å².